The monoisotopic (exact) mass is 279 g/mol. The van der Waals surface area contributed by atoms with Crippen LogP contribution in [0.15, 0.2) is 0 Å². The maximum Gasteiger partial charge on any atom is 0.414 e. The van der Waals surface area contributed by atoms with Crippen LogP contribution in [-0.2, 0) is 4.74 Å². The summed E-state index contributed by atoms with van der Waals surface area (Å²) in [5.41, 5.74) is -0.630. The second kappa shape index (κ2) is 5.60. The normalized spacial score (nSPS) is 34.3. The summed E-state index contributed by atoms with van der Waals surface area (Å²) in [6.45, 7) is 3.78. The highest BCUT2D eigenvalue weighted by Crippen LogP contribution is 2.38. The van der Waals surface area contributed by atoms with Crippen molar-refractivity contribution in [3.05, 3.63) is 0 Å². The second-order valence-corrected chi connectivity index (χ2v) is 6.34. The van der Waals surface area contributed by atoms with E-state index in [4.69, 9.17) is 4.74 Å². The zero-order chi connectivity index (χ0) is 14.1. The molecule has 0 bridgehead atoms. The molecule has 2 nitrogen and oxygen atoms in total. The Kier molecular flexibility index (Phi) is 4.45. The summed E-state index contributed by atoms with van der Waals surface area (Å²) < 4.78 is 43.7. The SMILES string of the molecule is CC1CCCC(CNC2CC2)(OC(C)C(F)(F)F)C1. The van der Waals surface area contributed by atoms with Gasteiger partial charge < -0.3 is 10.1 Å². The number of hydrogen-bond acceptors (Lipinski definition) is 2. The van der Waals surface area contributed by atoms with E-state index in [-0.39, 0.29) is 0 Å². The molecule has 0 radical (unpaired) electrons. The molecule has 19 heavy (non-hydrogen) atoms. The number of rotatable bonds is 5. The van der Waals surface area contributed by atoms with Crippen LogP contribution in [0.2, 0.25) is 0 Å². The topological polar surface area (TPSA) is 21.3 Å². The summed E-state index contributed by atoms with van der Waals surface area (Å²) in [5, 5.41) is 3.35. The fourth-order valence-corrected chi connectivity index (χ4v) is 2.98. The van der Waals surface area contributed by atoms with Crippen molar-refractivity contribution < 1.29 is 17.9 Å². The molecule has 2 aliphatic rings. The molecule has 2 rings (SSSR count). The summed E-state index contributed by atoms with van der Waals surface area (Å²) >= 11 is 0. The van der Waals surface area contributed by atoms with E-state index in [1.807, 2.05) is 0 Å². The van der Waals surface area contributed by atoms with E-state index in [9.17, 15) is 13.2 Å². The van der Waals surface area contributed by atoms with E-state index in [1.54, 1.807) is 0 Å². The predicted molar refractivity (Wildman–Crippen MR) is 68.0 cm³/mol. The first-order valence-corrected chi connectivity index (χ1v) is 7.29. The van der Waals surface area contributed by atoms with E-state index in [0.29, 0.717) is 18.5 Å². The van der Waals surface area contributed by atoms with Crippen LogP contribution in [-0.4, -0.2) is 30.5 Å². The zero-order valence-corrected chi connectivity index (χ0v) is 11.7. The fourth-order valence-electron chi connectivity index (χ4n) is 2.98. The molecule has 0 aromatic heterocycles. The van der Waals surface area contributed by atoms with Crippen LogP contribution in [0, 0.1) is 5.92 Å². The van der Waals surface area contributed by atoms with Gasteiger partial charge in [-0.2, -0.15) is 13.2 Å². The maximum absolute atomic E-state index is 12.7. The number of alkyl halides is 3. The molecule has 0 aliphatic heterocycles. The lowest BCUT2D eigenvalue weighted by Crippen LogP contribution is -2.50. The molecule has 3 unspecified atom stereocenters. The van der Waals surface area contributed by atoms with Crippen molar-refractivity contribution in [2.75, 3.05) is 6.54 Å². The second-order valence-electron chi connectivity index (χ2n) is 6.34. The molecule has 0 amide bonds. The van der Waals surface area contributed by atoms with Crippen LogP contribution in [0.3, 0.4) is 0 Å². The van der Waals surface area contributed by atoms with Gasteiger partial charge in [0.05, 0.1) is 5.60 Å². The Morgan fingerprint density at radius 1 is 1.32 bits per heavy atom. The van der Waals surface area contributed by atoms with Crippen molar-refractivity contribution in [3.63, 3.8) is 0 Å². The largest absolute Gasteiger partial charge is 0.414 e. The Labute approximate surface area is 113 Å². The van der Waals surface area contributed by atoms with Crippen LogP contribution in [0.25, 0.3) is 0 Å². The number of hydrogen-bond donors (Lipinski definition) is 1. The van der Waals surface area contributed by atoms with Gasteiger partial charge in [-0.15, -0.1) is 0 Å². The molecule has 2 saturated carbocycles. The first-order valence-electron chi connectivity index (χ1n) is 7.29. The molecule has 2 fully saturated rings. The molecular weight excluding hydrogens is 255 g/mol. The average Bonchev–Trinajstić information content (AvgIpc) is 3.09. The Hall–Kier alpha value is -0.290. The summed E-state index contributed by atoms with van der Waals surface area (Å²) in [6.07, 6.45) is -0.162. The smallest absolute Gasteiger partial charge is 0.361 e. The van der Waals surface area contributed by atoms with Crippen molar-refractivity contribution in [1.29, 1.82) is 0 Å². The summed E-state index contributed by atoms with van der Waals surface area (Å²) in [6, 6.07) is 0.499. The lowest BCUT2D eigenvalue weighted by Gasteiger charge is -2.42. The van der Waals surface area contributed by atoms with Crippen LogP contribution in [0.4, 0.5) is 13.2 Å². The van der Waals surface area contributed by atoms with E-state index in [2.05, 4.69) is 12.2 Å². The minimum absolute atomic E-state index is 0.440. The highest BCUT2D eigenvalue weighted by Gasteiger charge is 2.45. The molecule has 5 heteroatoms. The third-order valence-electron chi connectivity index (χ3n) is 4.23. The van der Waals surface area contributed by atoms with E-state index >= 15 is 0 Å². The number of ether oxygens (including phenoxy) is 1. The molecule has 0 aromatic rings. The van der Waals surface area contributed by atoms with Crippen molar-refractivity contribution in [3.8, 4) is 0 Å². The predicted octanol–water partition coefficient (Wildman–Crippen LogP) is 3.65. The molecule has 1 N–H and O–H groups in total. The lowest BCUT2D eigenvalue weighted by atomic mass is 9.78. The molecule has 0 aromatic carbocycles. The summed E-state index contributed by atoms with van der Waals surface area (Å²) in [5.74, 6) is 0.440. The Morgan fingerprint density at radius 2 is 2.00 bits per heavy atom. The number of halogens is 3. The zero-order valence-electron chi connectivity index (χ0n) is 11.7. The third kappa shape index (κ3) is 4.35. The highest BCUT2D eigenvalue weighted by molar-refractivity contribution is 4.93. The van der Waals surface area contributed by atoms with Crippen LogP contribution >= 0.6 is 0 Å². The van der Waals surface area contributed by atoms with Gasteiger partial charge in [0.2, 0.25) is 0 Å². The Bertz CT molecular complexity index is 304. The van der Waals surface area contributed by atoms with Gasteiger partial charge in [0, 0.05) is 12.6 Å². The van der Waals surface area contributed by atoms with Crippen molar-refractivity contribution in [1.82, 2.24) is 5.32 Å². The van der Waals surface area contributed by atoms with Crippen molar-refractivity contribution in [2.24, 2.45) is 5.92 Å². The van der Waals surface area contributed by atoms with Gasteiger partial charge >= 0.3 is 6.18 Å². The van der Waals surface area contributed by atoms with Gasteiger partial charge in [0.15, 0.2) is 6.10 Å². The summed E-state index contributed by atoms with van der Waals surface area (Å²) in [7, 11) is 0. The molecule has 2 aliphatic carbocycles. The fraction of sp³-hybridized carbons (Fsp3) is 1.00. The van der Waals surface area contributed by atoms with Gasteiger partial charge in [-0.1, -0.05) is 19.8 Å². The first-order chi connectivity index (χ1) is 8.81. The minimum atomic E-state index is -4.27. The van der Waals surface area contributed by atoms with Gasteiger partial charge in [0.1, 0.15) is 0 Å². The quantitative estimate of drug-likeness (QED) is 0.829. The van der Waals surface area contributed by atoms with Gasteiger partial charge in [-0.25, -0.2) is 0 Å². The first kappa shape index (κ1) is 15.1. The molecule has 3 atom stereocenters. The molecule has 0 saturated heterocycles. The van der Waals surface area contributed by atoms with Gasteiger partial charge in [-0.05, 0) is 38.5 Å². The van der Waals surface area contributed by atoms with Crippen LogP contribution in [0.5, 0.6) is 0 Å². The Morgan fingerprint density at radius 3 is 2.53 bits per heavy atom. The molecule has 112 valence electrons. The van der Waals surface area contributed by atoms with Crippen molar-refractivity contribution >= 4 is 0 Å². The number of nitrogens with one attached hydrogen (secondary N) is 1. The lowest BCUT2D eigenvalue weighted by molar-refractivity contribution is -0.253. The molecule has 0 heterocycles. The van der Waals surface area contributed by atoms with E-state index < -0.39 is 17.9 Å². The van der Waals surface area contributed by atoms with Crippen molar-refractivity contribution in [2.45, 2.75) is 76.3 Å². The van der Waals surface area contributed by atoms with Gasteiger partial charge in [-0.3, -0.25) is 0 Å². The Balaban J connectivity index is 1.99. The van der Waals surface area contributed by atoms with E-state index in [1.165, 1.54) is 0 Å². The highest BCUT2D eigenvalue weighted by atomic mass is 19.4. The molecule has 0 spiro atoms. The molecular formula is C14H24F3NO. The van der Waals surface area contributed by atoms with Gasteiger partial charge in [0.25, 0.3) is 0 Å². The standard InChI is InChI=1S/C14H24F3NO/c1-10-4-3-7-13(8-10,9-18-12-5-6-12)19-11(2)14(15,16)17/h10-12,18H,3-9H2,1-2H3. The van der Waals surface area contributed by atoms with E-state index in [0.717, 1.165) is 45.4 Å². The van der Waals surface area contributed by atoms with Crippen LogP contribution in [0.1, 0.15) is 52.4 Å². The summed E-state index contributed by atoms with van der Waals surface area (Å²) in [4.78, 5) is 0. The van der Waals surface area contributed by atoms with Crippen LogP contribution < -0.4 is 5.32 Å². The minimum Gasteiger partial charge on any atom is -0.361 e. The third-order valence-corrected chi connectivity index (χ3v) is 4.23. The maximum atomic E-state index is 12.7. The average molecular weight is 279 g/mol.